The first kappa shape index (κ1) is 31.5. The maximum absolute atomic E-state index is 13.5. The zero-order valence-corrected chi connectivity index (χ0v) is 27.3. The Labute approximate surface area is 269 Å². The number of allylic oxidation sites excluding steroid dienone is 1. The molecule has 10 heteroatoms. The summed E-state index contributed by atoms with van der Waals surface area (Å²) in [7, 11) is 0. The van der Waals surface area contributed by atoms with Crippen LogP contribution < -0.4 is 5.32 Å². The Morgan fingerprint density at radius 1 is 0.864 bits per heavy atom. The van der Waals surface area contributed by atoms with Gasteiger partial charge in [0.15, 0.2) is 0 Å². The monoisotopic (exact) mass is 710 g/mol. The van der Waals surface area contributed by atoms with Crippen LogP contribution in [0.3, 0.4) is 0 Å². The fraction of sp³-hybridized carbons (Fsp3) is 0.353. The molecule has 3 aromatic rings. The summed E-state index contributed by atoms with van der Waals surface area (Å²) >= 11 is 2.25. The third kappa shape index (κ3) is 5.91. The number of anilines is 1. The summed E-state index contributed by atoms with van der Waals surface area (Å²) in [6.45, 7) is 7.76. The quantitative estimate of drug-likeness (QED) is 0.141. The lowest BCUT2D eigenvalue weighted by atomic mass is 9.80. The highest BCUT2D eigenvalue weighted by atomic mass is 127. The molecule has 1 aliphatic heterocycles. The van der Waals surface area contributed by atoms with Gasteiger partial charge in [-0.2, -0.15) is 0 Å². The van der Waals surface area contributed by atoms with Crippen molar-refractivity contribution >= 4 is 57.7 Å². The van der Waals surface area contributed by atoms with Gasteiger partial charge in [-0.1, -0.05) is 29.8 Å². The van der Waals surface area contributed by atoms with E-state index in [1.807, 2.05) is 49.4 Å². The van der Waals surface area contributed by atoms with Crippen molar-refractivity contribution in [2.24, 2.45) is 0 Å². The van der Waals surface area contributed by atoms with Crippen molar-refractivity contribution in [2.45, 2.75) is 58.8 Å². The standard InChI is InChI=1S/C34H35IN2O7/c1-5-42-26(38)15-13-22-23(17-27(39)43-6-2)31(37-32(22)34(41)44-7-3)29-18(4)28(20-10-8-9-11-21(20)29)30-24-16-19(35)12-14-25(24)36-33(30)40/h8-12,14,16,28,30,37H,5-7,13,15,17H2,1-4H3,(H,36,40). The number of ether oxygens (including phenoxy) is 3. The van der Waals surface area contributed by atoms with Crippen molar-refractivity contribution in [3.05, 3.63) is 90.8 Å². The average Bonchev–Trinajstić information content (AvgIpc) is 3.59. The number of halogens is 1. The van der Waals surface area contributed by atoms with E-state index in [2.05, 4.69) is 32.9 Å². The molecular weight excluding hydrogens is 675 g/mol. The molecule has 2 atom stereocenters. The molecule has 1 aliphatic carbocycles. The Kier molecular flexibility index (Phi) is 9.57. The molecule has 2 aliphatic rings. The van der Waals surface area contributed by atoms with Crippen molar-refractivity contribution in [3.8, 4) is 0 Å². The number of rotatable bonds is 11. The zero-order valence-electron chi connectivity index (χ0n) is 25.2. The lowest BCUT2D eigenvalue weighted by Gasteiger charge is -2.21. The Hall–Kier alpha value is -3.93. The second-order valence-electron chi connectivity index (χ2n) is 10.7. The van der Waals surface area contributed by atoms with Crippen LogP contribution in [-0.4, -0.2) is 48.6 Å². The van der Waals surface area contributed by atoms with E-state index in [0.717, 1.165) is 37.1 Å². The number of amides is 1. The summed E-state index contributed by atoms with van der Waals surface area (Å²) in [5, 5.41) is 3.05. The number of H-pyrrole nitrogens is 1. The molecule has 1 amide bonds. The summed E-state index contributed by atoms with van der Waals surface area (Å²) < 4.78 is 16.9. The molecule has 230 valence electrons. The first-order valence-electron chi connectivity index (χ1n) is 14.8. The number of hydrogen-bond donors (Lipinski definition) is 2. The van der Waals surface area contributed by atoms with Gasteiger partial charge in [-0.25, -0.2) is 4.79 Å². The second-order valence-corrected chi connectivity index (χ2v) is 11.9. The van der Waals surface area contributed by atoms with Crippen molar-refractivity contribution in [3.63, 3.8) is 0 Å². The van der Waals surface area contributed by atoms with E-state index in [9.17, 15) is 19.2 Å². The van der Waals surface area contributed by atoms with Crippen molar-refractivity contribution < 1.29 is 33.4 Å². The molecule has 0 bridgehead atoms. The molecule has 2 aromatic carbocycles. The van der Waals surface area contributed by atoms with Gasteiger partial charge < -0.3 is 24.5 Å². The molecule has 0 spiro atoms. The Morgan fingerprint density at radius 2 is 1.57 bits per heavy atom. The van der Waals surface area contributed by atoms with Crippen LogP contribution in [0.2, 0.25) is 0 Å². The van der Waals surface area contributed by atoms with E-state index >= 15 is 0 Å². The SMILES string of the molecule is CCOC(=O)CCc1c(C(=O)OCC)[nH]c(C2=C(C)C(C3C(=O)Nc4ccc(I)cc43)c3ccccc32)c1CC(=O)OCC. The van der Waals surface area contributed by atoms with Crippen LogP contribution in [-0.2, 0) is 41.4 Å². The number of carbonyl (C=O) groups excluding carboxylic acids is 4. The summed E-state index contributed by atoms with van der Waals surface area (Å²) in [6.07, 6.45) is 0.0561. The predicted molar refractivity (Wildman–Crippen MR) is 173 cm³/mol. The van der Waals surface area contributed by atoms with E-state index in [1.54, 1.807) is 20.8 Å². The molecule has 5 rings (SSSR count). The van der Waals surface area contributed by atoms with Crippen molar-refractivity contribution in [2.75, 3.05) is 25.1 Å². The minimum absolute atomic E-state index is 0.0161. The minimum Gasteiger partial charge on any atom is -0.466 e. The Balaban J connectivity index is 1.72. The number of aromatic nitrogens is 1. The van der Waals surface area contributed by atoms with Crippen LogP contribution in [0, 0.1) is 3.57 Å². The molecule has 0 radical (unpaired) electrons. The van der Waals surface area contributed by atoms with Gasteiger partial charge in [-0.15, -0.1) is 0 Å². The van der Waals surface area contributed by atoms with Crippen LogP contribution in [0.15, 0.2) is 48.0 Å². The molecule has 2 N–H and O–H groups in total. The number of esters is 3. The molecular formula is C34H35IN2O7. The third-order valence-corrected chi connectivity index (χ3v) is 8.78. The lowest BCUT2D eigenvalue weighted by Crippen LogP contribution is -2.19. The highest BCUT2D eigenvalue weighted by Gasteiger charge is 2.44. The van der Waals surface area contributed by atoms with E-state index in [-0.39, 0.29) is 56.6 Å². The fourth-order valence-electron chi connectivity index (χ4n) is 6.40. The number of benzene rings is 2. The Bertz CT molecular complexity index is 1670. The third-order valence-electron chi connectivity index (χ3n) is 8.11. The number of carbonyl (C=O) groups is 4. The summed E-state index contributed by atoms with van der Waals surface area (Å²) in [5.41, 5.74) is 7.19. The number of hydrogen-bond acceptors (Lipinski definition) is 7. The first-order chi connectivity index (χ1) is 21.2. The fourth-order valence-corrected chi connectivity index (χ4v) is 6.92. The normalized spacial score (nSPS) is 16.8. The van der Waals surface area contributed by atoms with Crippen LogP contribution in [0.25, 0.3) is 5.57 Å². The van der Waals surface area contributed by atoms with E-state index in [0.29, 0.717) is 16.8 Å². The van der Waals surface area contributed by atoms with Crippen LogP contribution in [0.1, 0.15) is 90.0 Å². The van der Waals surface area contributed by atoms with E-state index in [1.165, 1.54) is 0 Å². The molecule has 0 fully saturated rings. The van der Waals surface area contributed by atoms with Crippen molar-refractivity contribution in [1.82, 2.24) is 4.98 Å². The van der Waals surface area contributed by atoms with Gasteiger partial charge in [-0.3, -0.25) is 14.4 Å². The summed E-state index contributed by atoms with van der Waals surface area (Å²) in [4.78, 5) is 55.5. The summed E-state index contributed by atoms with van der Waals surface area (Å²) in [6, 6.07) is 13.8. The lowest BCUT2D eigenvalue weighted by molar-refractivity contribution is -0.143. The Morgan fingerprint density at radius 3 is 2.30 bits per heavy atom. The van der Waals surface area contributed by atoms with Crippen LogP contribution in [0.4, 0.5) is 5.69 Å². The van der Waals surface area contributed by atoms with Gasteiger partial charge in [0.2, 0.25) is 5.91 Å². The molecule has 9 nitrogen and oxygen atoms in total. The number of fused-ring (bicyclic) bond motifs is 2. The maximum Gasteiger partial charge on any atom is 0.355 e. The molecule has 0 saturated heterocycles. The largest absolute Gasteiger partial charge is 0.466 e. The molecule has 2 unspecified atom stereocenters. The van der Waals surface area contributed by atoms with E-state index < -0.39 is 23.8 Å². The minimum atomic E-state index is -0.581. The molecule has 0 saturated carbocycles. The van der Waals surface area contributed by atoms with Gasteiger partial charge in [-0.05, 0) is 103 Å². The van der Waals surface area contributed by atoms with Crippen LogP contribution in [0.5, 0.6) is 0 Å². The van der Waals surface area contributed by atoms with E-state index in [4.69, 9.17) is 14.2 Å². The van der Waals surface area contributed by atoms with Gasteiger partial charge in [0.25, 0.3) is 0 Å². The van der Waals surface area contributed by atoms with Gasteiger partial charge >= 0.3 is 17.9 Å². The van der Waals surface area contributed by atoms with Gasteiger partial charge in [0.1, 0.15) is 5.69 Å². The van der Waals surface area contributed by atoms with Crippen molar-refractivity contribution in [1.29, 1.82) is 0 Å². The highest BCUT2D eigenvalue weighted by molar-refractivity contribution is 14.1. The van der Waals surface area contributed by atoms with Gasteiger partial charge in [0.05, 0.1) is 37.9 Å². The number of nitrogens with one attached hydrogen (secondary N) is 2. The first-order valence-corrected chi connectivity index (χ1v) is 15.9. The zero-order chi connectivity index (χ0) is 31.5. The highest BCUT2D eigenvalue weighted by Crippen LogP contribution is 2.54. The molecule has 1 aromatic heterocycles. The second kappa shape index (κ2) is 13.4. The smallest absolute Gasteiger partial charge is 0.355 e. The number of aromatic amines is 1. The van der Waals surface area contributed by atoms with Gasteiger partial charge in [0, 0.05) is 27.2 Å². The maximum atomic E-state index is 13.5. The predicted octanol–water partition coefficient (Wildman–Crippen LogP) is 6.05. The average molecular weight is 711 g/mol. The molecule has 44 heavy (non-hydrogen) atoms. The van der Waals surface area contributed by atoms with Crippen LogP contribution >= 0.6 is 22.6 Å². The molecule has 2 heterocycles. The topological polar surface area (TPSA) is 124 Å². The summed E-state index contributed by atoms with van der Waals surface area (Å²) in [5.74, 6) is -2.27.